The summed E-state index contributed by atoms with van der Waals surface area (Å²) in [5, 5.41) is 12.6. The van der Waals surface area contributed by atoms with E-state index in [9.17, 15) is 18.5 Å². The van der Waals surface area contributed by atoms with Gasteiger partial charge in [-0.15, -0.1) is 0 Å². The van der Waals surface area contributed by atoms with Crippen LogP contribution in [0.15, 0.2) is 46.9 Å². The molecular formula is C27H30N4O5S. The number of ether oxygens (including phenoxy) is 2. The standard InChI is InChI=1S/C27H30N4O5S/c28-18-21(15-20-7-10-25-26(16-20)36-19-35-25)27(32)29-23-17-22(37(33,34)31-13-5-2-6-14-31)8-9-24(23)30-11-3-1-4-12-30/h7-10,15-17H,1-6,11-14,19H2,(H,29,32). The van der Waals surface area contributed by atoms with Crippen molar-refractivity contribution < 1.29 is 22.7 Å². The maximum Gasteiger partial charge on any atom is 0.266 e. The van der Waals surface area contributed by atoms with Crippen molar-refractivity contribution in [3.8, 4) is 17.6 Å². The number of rotatable bonds is 6. The molecule has 0 aromatic heterocycles. The molecule has 10 heteroatoms. The largest absolute Gasteiger partial charge is 0.454 e. The first kappa shape index (κ1) is 25.1. The highest BCUT2D eigenvalue weighted by molar-refractivity contribution is 7.89. The predicted molar refractivity (Wildman–Crippen MR) is 140 cm³/mol. The lowest BCUT2D eigenvalue weighted by Gasteiger charge is -2.31. The van der Waals surface area contributed by atoms with Gasteiger partial charge < -0.3 is 19.7 Å². The Morgan fingerprint density at radius 2 is 1.62 bits per heavy atom. The molecule has 5 rings (SSSR count). The lowest BCUT2D eigenvalue weighted by molar-refractivity contribution is -0.112. The van der Waals surface area contributed by atoms with Crippen LogP contribution in [0.25, 0.3) is 6.08 Å². The van der Waals surface area contributed by atoms with Gasteiger partial charge in [0.1, 0.15) is 11.6 Å². The fraction of sp³-hybridized carbons (Fsp3) is 0.407. The predicted octanol–water partition coefficient (Wildman–Crippen LogP) is 4.13. The van der Waals surface area contributed by atoms with Gasteiger partial charge in [0.2, 0.25) is 16.8 Å². The highest BCUT2D eigenvalue weighted by Gasteiger charge is 2.28. The van der Waals surface area contributed by atoms with E-state index in [1.807, 2.05) is 6.07 Å². The van der Waals surface area contributed by atoms with Crippen LogP contribution < -0.4 is 19.7 Å². The van der Waals surface area contributed by atoms with Gasteiger partial charge in [0.05, 0.1) is 16.3 Å². The summed E-state index contributed by atoms with van der Waals surface area (Å²) in [7, 11) is -3.69. The molecule has 2 aromatic carbocycles. The van der Waals surface area contributed by atoms with Gasteiger partial charge in [-0.1, -0.05) is 12.5 Å². The lowest BCUT2D eigenvalue weighted by atomic mass is 10.1. The number of benzene rings is 2. The SMILES string of the molecule is N#CC(=Cc1ccc2c(c1)OCO2)C(=O)Nc1cc(S(=O)(=O)N2CCCCC2)ccc1N1CCCCC1. The quantitative estimate of drug-likeness (QED) is 0.449. The summed E-state index contributed by atoms with van der Waals surface area (Å²) in [6, 6.07) is 12.1. The number of carbonyl (C=O) groups is 1. The van der Waals surface area contributed by atoms with Crippen molar-refractivity contribution >= 4 is 33.4 Å². The molecule has 0 atom stereocenters. The number of amides is 1. The molecule has 0 spiro atoms. The van der Waals surface area contributed by atoms with E-state index < -0.39 is 15.9 Å². The second-order valence-corrected chi connectivity index (χ2v) is 11.4. The van der Waals surface area contributed by atoms with Crippen LogP contribution in [0.1, 0.15) is 44.1 Å². The number of anilines is 2. The topological polar surface area (TPSA) is 112 Å². The second-order valence-electron chi connectivity index (χ2n) is 9.43. The van der Waals surface area contributed by atoms with Gasteiger partial charge in [-0.05, 0) is 74.1 Å². The van der Waals surface area contributed by atoms with Gasteiger partial charge in [0.25, 0.3) is 5.91 Å². The normalized spacial score (nSPS) is 18.4. The van der Waals surface area contributed by atoms with E-state index in [4.69, 9.17) is 9.47 Å². The summed E-state index contributed by atoms with van der Waals surface area (Å²) in [5.41, 5.74) is 1.66. The van der Waals surface area contributed by atoms with E-state index in [-0.39, 0.29) is 17.3 Å². The maximum absolute atomic E-state index is 13.4. The first-order chi connectivity index (χ1) is 18.0. The summed E-state index contributed by atoms with van der Waals surface area (Å²) in [6.07, 6.45) is 7.36. The monoisotopic (exact) mass is 522 g/mol. The number of nitrogens with zero attached hydrogens (tertiary/aromatic N) is 3. The van der Waals surface area contributed by atoms with Gasteiger partial charge in [0.15, 0.2) is 11.5 Å². The molecule has 0 bridgehead atoms. The van der Waals surface area contributed by atoms with Gasteiger partial charge >= 0.3 is 0 Å². The molecule has 1 amide bonds. The second kappa shape index (κ2) is 10.8. The number of nitrogens with one attached hydrogen (secondary N) is 1. The minimum Gasteiger partial charge on any atom is -0.454 e. The molecule has 37 heavy (non-hydrogen) atoms. The number of carbonyl (C=O) groups excluding carboxylic acids is 1. The average molecular weight is 523 g/mol. The molecule has 0 unspecified atom stereocenters. The lowest BCUT2D eigenvalue weighted by Crippen LogP contribution is -2.36. The molecule has 3 aliphatic heterocycles. The molecule has 1 N–H and O–H groups in total. The molecule has 3 aliphatic rings. The van der Waals surface area contributed by atoms with Crippen molar-refractivity contribution in [2.45, 2.75) is 43.4 Å². The Morgan fingerprint density at radius 3 is 2.35 bits per heavy atom. The number of nitriles is 1. The Bertz CT molecular complexity index is 1350. The van der Waals surface area contributed by atoms with Crippen molar-refractivity contribution in [1.82, 2.24) is 4.31 Å². The van der Waals surface area contributed by atoms with Crippen LogP contribution in [0.3, 0.4) is 0 Å². The maximum atomic E-state index is 13.4. The minimum atomic E-state index is -3.69. The minimum absolute atomic E-state index is 0.104. The molecule has 2 aromatic rings. The van der Waals surface area contributed by atoms with Crippen LogP contribution in [0.5, 0.6) is 11.5 Å². The van der Waals surface area contributed by atoms with E-state index in [0.29, 0.717) is 35.8 Å². The molecule has 2 saturated heterocycles. The first-order valence-corrected chi connectivity index (χ1v) is 14.1. The first-order valence-electron chi connectivity index (χ1n) is 12.7. The summed E-state index contributed by atoms with van der Waals surface area (Å²) in [4.78, 5) is 15.5. The van der Waals surface area contributed by atoms with Crippen molar-refractivity contribution in [3.63, 3.8) is 0 Å². The number of sulfonamides is 1. The van der Waals surface area contributed by atoms with Gasteiger partial charge in [-0.25, -0.2) is 8.42 Å². The molecule has 0 aliphatic carbocycles. The van der Waals surface area contributed by atoms with Gasteiger partial charge in [-0.3, -0.25) is 4.79 Å². The Balaban J connectivity index is 1.46. The number of fused-ring (bicyclic) bond motifs is 1. The summed E-state index contributed by atoms with van der Waals surface area (Å²) >= 11 is 0. The van der Waals surface area contributed by atoms with Crippen molar-refractivity contribution in [2.75, 3.05) is 43.2 Å². The van der Waals surface area contributed by atoms with Crippen LogP contribution >= 0.6 is 0 Å². The zero-order valence-electron chi connectivity index (χ0n) is 20.6. The number of hydrogen-bond donors (Lipinski definition) is 1. The van der Waals surface area contributed by atoms with Crippen LogP contribution in [-0.2, 0) is 14.8 Å². The average Bonchev–Trinajstić information content (AvgIpc) is 3.40. The third-order valence-corrected chi connectivity index (χ3v) is 8.83. The molecule has 9 nitrogen and oxygen atoms in total. The van der Waals surface area contributed by atoms with Crippen molar-refractivity contribution in [2.24, 2.45) is 0 Å². The zero-order chi connectivity index (χ0) is 25.8. The highest BCUT2D eigenvalue weighted by atomic mass is 32.2. The Labute approximate surface area is 217 Å². The fourth-order valence-electron chi connectivity index (χ4n) is 4.95. The smallest absolute Gasteiger partial charge is 0.266 e. The third-order valence-electron chi connectivity index (χ3n) is 6.94. The summed E-state index contributed by atoms with van der Waals surface area (Å²) in [5.74, 6) is 0.554. The van der Waals surface area contributed by atoms with E-state index in [1.165, 1.54) is 16.4 Å². The molecule has 0 radical (unpaired) electrons. The molecule has 194 valence electrons. The van der Waals surface area contributed by atoms with E-state index in [0.717, 1.165) is 57.3 Å². The third kappa shape index (κ3) is 5.43. The molecule has 2 fully saturated rings. The highest BCUT2D eigenvalue weighted by Crippen LogP contribution is 2.34. The van der Waals surface area contributed by atoms with E-state index in [1.54, 1.807) is 30.3 Å². The molecule has 3 heterocycles. The summed E-state index contributed by atoms with van der Waals surface area (Å²) < 4.78 is 38.9. The van der Waals surface area contributed by atoms with Crippen molar-refractivity contribution in [1.29, 1.82) is 5.26 Å². The van der Waals surface area contributed by atoms with E-state index in [2.05, 4.69) is 10.2 Å². The van der Waals surface area contributed by atoms with Crippen LogP contribution in [0, 0.1) is 11.3 Å². The zero-order valence-corrected chi connectivity index (χ0v) is 21.4. The van der Waals surface area contributed by atoms with Crippen LogP contribution in [-0.4, -0.2) is 51.6 Å². The molecular weight excluding hydrogens is 492 g/mol. The van der Waals surface area contributed by atoms with E-state index >= 15 is 0 Å². The van der Waals surface area contributed by atoms with Gasteiger partial charge in [0, 0.05) is 26.2 Å². The molecule has 0 saturated carbocycles. The Morgan fingerprint density at radius 1 is 0.919 bits per heavy atom. The Kier molecular flexibility index (Phi) is 7.35. The number of hydrogen-bond acceptors (Lipinski definition) is 7. The Hall–Kier alpha value is -3.55. The van der Waals surface area contributed by atoms with Crippen LogP contribution in [0.4, 0.5) is 11.4 Å². The fourth-order valence-corrected chi connectivity index (χ4v) is 6.49. The number of piperidine rings is 2. The van der Waals surface area contributed by atoms with Crippen molar-refractivity contribution in [3.05, 3.63) is 47.5 Å². The summed E-state index contributed by atoms with van der Waals surface area (Å²) in [6.45, 7) is 2.76. The van der Waals surface area contributed by atoms with Gasteiger partial charge in [-0.2, -0.15) is 9.57 Å². The van der Waals surface area contributed by atoms with Crippen LogP contribution in [0.2, 0.25) is 0 Å².